The number of benzene rings is 2. The molecule has 0 spiro atoms. The van der Waals surface area contributed by atoms with Crippen molar-refractivity contribution in [3.8, 4) is 0 Å². The van der Waals surface area contributed by atoms with E-state index < -0.39 is 11.9 Å². The summed E-state index contributed by atoms with van der Waals surface area (Å²) in [6.45, 7) is 4.65. The number of amides is 1. The lowest BCUT2D eigenvalue weighted by atomic mass is 9.90. The highest BCUT2D eigenvalue weighted by atomic mass is 16.4. The van der Waals surface area contributed by atoms with Gasteiger partial charge in [0, 0.05) is 29.4 Å². The molecule has 1 aliphatic heterocycles. The van der Waals surface area contributed by atoms with Gasteiger partial charge in [0.25, 0.3) is 5.91 Å². The summed E-state index contributed by atoms with van der Waals surface area (Å²) in [5.74, 6) is -1.12. The van der Waals surface area contributed by atoms with Gasteiger partial charge in [-0.1, -0.05) is 43.3 Å². The SMILES string of the molecule is Cc1c(C(=O)N2CC(C)CC(C(=O)O)C2)oc2c1ccc1ccccc12. The second kappa shape index (κ2) is 6.16. The number of carboxylic acid groups (broad SMARTS) is 1. The minimum absolute atomic E-state index is 0.152. The van der Waals surface area contributed by atoms with E-state index in [-0.39, 0.29) is 18.4 Å². The van der Waals surface area contributed by atoms with Crippen LogP contribution in [0.25, 0.3) is 21.7 Å². The molecule has 4 rings (SSSR count). The predicted octanol–water partition coefficient (Wildman–Crippen LogP) is 4.08. The second-order valence-electron chi connectivity index (χ2n) is 7.31. The Morgan fingerprint density at radius 3 is 2.65 bits per heavy atom. The molecule has 3 aromatic rings. The van der Waals surface area contributed by atoms with E-state index in [0.29, 0.717) is 24.3 Å². The number of nitrogens with zero attached hydrogens (tertiary/aromatic N) is 1. The van der Waals surface area contributed by atoms with Crippen LogP contribution in [0.15, 0.2) is 40.8 Å². The summed E-state index contributed by atoms with van der Waals surface area (Å²) in [5, 5.41) is 12.3. The maximum atomic E-state index is 13.1. The van der Waals surface area contributed by atoms with E-state index in [9.17, 15) is 14.7 Å². The Morgan fingerprint density at radius 2 is 1.88 bits per heavy atom. The number of rotatable bonds is 2. The molecular formula is C21H21NO4. The third-order valence-corrected chi connectivity index (χ3v) is 5.32. The van der Waals surface area contributed by atoms with Gasteiger partial charge in [-0.15, -0.1) is 0 Å². The smallest absolute Gasteiger partial charge is 0.308 e. The Morgan fingerprint density at radius 1 is 1.12 bits per heavy atom. The molecule has 134 valence electrons. The fraction of sp³-hybridized carbons (Fsp3) is 0.333. The van der Waals surface area contributed by atoms with Crippen LogP contribution in [0.3, 0.4) is 0 Å². The number of hydrogen-bond acceptors (Lipinski definition) is 3. The van der Waals surface area contributed by atoms with Crippen LogP contribution in [0.4, 0.5) is 0 Å². The van der Waals surface area contributed by atoms with E-state index in [1.54, 1.807) is 4.90 Å². The fourth-order valence-electron chi connectivity index (χ4n) is 3.99. The van der Waals surface area contributed by atoms with Gasteiger partial charge < -0.3 is 14.4 Å². The maximum Gasteiger partial charge on any atom is 0.308 e. The molecule has 26 heavy (non-hydrogen) atoms. The number of carbonyl (C=O) groups excluding carboxylic acids is 1. The van der Waals surface area contributed by atoms with Crippen molar-refractivity contribution >= 4 is 33.6 Å². The van der Waals surface area contributed by atoms with Crippen LogP contribution in [0, 0.1) is 18.8 Å². The Hall–Kier alpha value is -2.82. The third kappa shape index (κ3) is 2.64. The van der Waals surface area contributed by atoms with Crippen LogP contribution in [0.2, 0.25) is 0 Å². The molecule has 1 aromatic heterocycles. The van der Waals surface area contributed by atoms with Crippen molar-refractivity contribution in [2.24, 2.45) is 11.8 Å². The molecule has 1 aliphatic rings. The minimum Gasteiger partial charge on any atom is -0.481 e. The van der Waals surface area contributed by atoms with E-state index in [1.165, 1.54) is 0 Å². The largest absolute Gasteiger partial charge is 0.481 e. The Bertz CT molecular complexity index is 1020. The molecule has 0 bridgehead atoms. The summed E-state index contributed by atoms with van der Waals surface area (Å²) in [7, 11) is 0. The standard InChI is InChI=1S/C21H21NO4/c1-12-9-15(21(24)25)11-22(10-12)20(23)18-13(2)16-8-7-14-5-3-4-6-17(14)19(16)26-18/h3-8,12,15H,9-11H2,1-2H3,(H,24,25). The summed E-state index contributed by atoms with van der Waals surface area (Å²) >= 11 is 0. The number of aryl methyl sites for hydroxylation is 1. The van der Waals surface area contributed by atoms with E-state index in [1.807, 2.05) is 50.2 Å². The van der Waals surface area contributed by atoms with Gasteiger partial charge >= 0.3 is 5.97 Å². The number of fused-ring (bicyclic) bond motifs is 3. The highest BCUT2D eigenvalue weighted by molar-refractivity contribution is 6.08. The number of furan rings is 1. The van der Waals surface area contributed by atoms with Crippen molar-refractivity contribution < 1.29 is 19.1 Å². The van der Waals surface area contributed by atoms with Gasteiger partial charge in [0.2, 0.25) is 0 Å². The van der Waals surface area contributed by atoms with Crippen molar-refractivity contribution in [3.05, 3.63) is 47.7 Å². The molecule has 2 unspecified atom stereocenters. The van der Waals surface area contributed by atoms with Crippen molar-refractivity contribution in [2.45, 2.75) is 20.3 Å². The molecule has 1 N–H and O–H groups in total. The summed E-state index contributed by atoms with van der Waals surface area (Å²) in [5.41, 5.74) is 1.52. The Kier molecular flexibility index (Phi) is 3.94. The molecule has 5 nitrogen and oxygen atoms in total. The molecule has 0 saturated carbocycles. The first-order valence-electron chi connectivity index (χ1n) is 8.88. The number of carboxylic acids is 1. The van der Waals surface area contributed by atoms with E-state index in [2.05, 4.69) is 0 Å². The molecule has 2 heterocycles. The Labute approximate surface area is 151 Å². The molecule has 0 radical (unpaired) electrons. The average Bonchev–Trinajstić information content (AvgIpc) is 2.97. The van der Waals surface area contributed by atoms with Crippen LogP contribution < -0.4 is 0 Å². The third-order valence-electron chi connectivity index (χ3n) is 5.32. The lowest BCUT2D eigenvalue weighted by molar-refractivity contribution is -0.143. The number of piperidine rings is 1. The number of hydrogen-bond donors (Lipinski definition) is 1. The quantitative estimate of drug-likeness (QED) is 0.755. The monoisotopic (exact) mass is 351 g/mol. The second-order valence-corrected chi connectivity index (χ2v) is 7.31. The molecule has 2 atom stereocenters. The number of likely N-dealkylation sites (tertiary alicyclic amines) is 1. The molecule has 0 aliphatic carbocycles. The van der Waals surface area contributed by atoms with Crippen LogP contribution in [0.1, 0.15) is 29.5 Å². The average molecular weight is 351 g/mol. The first kappa shape index (κ1) is 16.6. The summed E-state index contributed by atoms with van der Waals surface area (Å²) in [6.07, 6.45) is 0.600. The molecular weight excluding hydrogens is 330 g/mol. The topological polar surface area (TPSA) is 70.8 Å². The fourth-order valence-corrected chi connectivity index (χ4v) is 3.99. The highest BCUT2D eigenvalue weighted by Gasteiger charge is 2.34. The summed E-state index contributed by atoms with van der Waals surface area (Å²) < 4.78 is 6.02. The van der Waals surface area contributed by atoms with Gasteiger partial charge in [-0.25, -0.2) is 0 Å². The zero-order valence-electron chi connectivity index (χ0n) is 14.9. The summed E-state index contributed by atoms with van der Waals surface area (Å²) in [4.78, 5) is 26.1. The van der Waals surface area contributed by atoms with Crippen molar-refractivity contribution in [3.63, 3.8) is 0 Å². The van der Waals surface area contributed by atoms with Gasteiger partial charge in [-0.3, -0.25) is 9.59 Å². The van der Waals surface area contributed by atoms with Crippen LogP contribution in [0.5, 0.6) is 0 Å². The van der Waals surface area contributed by atoms with Crippen molar-refractivity contribution in [2.75, 3.05) is 13.1 Å². The minimum atomic E-state index is -0.846. The van der Waals surface area contributed by atoms with Crippen LogP contribution in [-0.2, 0) is 4.79 Å². The zero-order valence-corrected chi connectivity index (χ0v) is 14.9. The van der Waals surface area contributed by atoms with Crippen LogP contribution >= 0.6 is 0 Å². The normalized spacial score (nSPS) is 20.6. The summed E-state index contributed by atoms with van der Waals surface area (Å²) in [6, 6.07) is 11.9. The molecule has 1 fully saturated rings. The van der Waals surface area contributed by atoms with Gasteiger partial charge in [0.1, 0.15) is 5.58 Å². The van der Waals surface area contributed by atoms with Gasteiger partial charge in [-0.05, 0) is 24.6 Å². The Balaban J connectivity index is 1.76. The van der Waals surface area contributed by atoms with E-state index in [4.69, 9.17) is 4.42 Å². The highest BCUT2D eigenvalue weighted by Crippen LogP contribution is 2.33. The zero-order chi connectivity index (χ0) is 18.4. The van der Waals surface area contributed by atoms with E-state index in [0.717, 1.165) is 21.7 Å². The number of carbonyl (C=O) groups is 2. The van der Waals surface area contributed by atoms with Gasteiger partial charge in [0.15, 0.2) is 5.76 Å². The van der Waals surface area contributed by atoms with Gasteiger partial charge in [0.05, 0.1) is 5.92 Å². The number of aliphatic carboxylic acids is 1. The molecule has 1 saturated heterocycles. The predicted molar refractivity (Wildman–Crippen MR) is 99.3 cm³/mol. The first-order chi connectivity index (χ1) is 12.5. The molecule has 1 amide bonds. The van der Waals surface area contributed by atoms with Gasteiger partial charge in [-0.2, -0.15) is 0 Å². The lowest BCUT2D eigenvalue weighted by Gasteiger charge is -2.34. The first-order valence-corrected chi connectivity index (χ1v) is 8.88. The molecule has 2 aromatic carbocycles. The molecule has 5 heteroatoms. The maximum absolute atomic E-state index is 13.1. The van der Waals surface area contributed by atoms with Crippen LogP contribution in [-0.4, -0.2) is 35.0 Å². The van der Waals surface area contributed by atoms with E-state index >= 15 is 0 Å². The van der Waals surface area contributed by atoms with Crippen molar-refractivity contribution in [1.29, 1.82) is 0 Å². The van der Waals surface area contributed by atoms with Crippen molar-refractivity contribution in [1.82, 2.24) is 4.90 Å². The lowest BCUT2D eigenvalue weighted by Crippen LogP contribution is -2.45.